The quantitative estimate of drug-likeness (QED) is 0.421. The number of nitrogens with zero attached hydrogens (tertiary/aromatic N) is 4. The van der Waals surface area contributed by atoms with Crippen LogP contribution in [0, 0.1) is 0 Å². The Morgan fingerprint density at radius 1 is 1.03 bits per heavy atom. The largest absolute Gasteiger partial charge is 0.477 e. The number of rotatable bonds is 5. The topological polar surface area (TPSA) is 96.7 Å². The first-order valence-corrected chi connectivity index (χ1v) is 10.0. The van der Waals surface area contributed by atoms with E-state index in [0.717, 1.165) is 38.9 Å². The van der Waals surface area contributed by atoms with E-state index in [2.05, 4.69) is 26.2 Å². The molecule has 3 heterocycles. The molecule has 32 heavy (non-hydrogen) atoms. The first kappa shape index (κ1) is 19.4. The molecule has 0 saturated heterocycles. The highest BCUT2D eigenvalue weighted by atomic mass is 16.4. The SMILES string of the molecule is Cn1c(C(=O)O)cc2ccc(-c3nccc(C=Cc4cccc(-c5cn[nH]c5)c4)n3)cc21. The second-order valence-electron chi connectivity index (χ2n) is 7.42. The van der Waals surface area contributed by atoms with Gasteiger partial charge in [-0.25, -0.2) is 14.8 Å². The monoisotopic (exact) mass is 421 g/mol. The van der Waals surface area contributed by atoms with E-state index in [1.54, 1.807) is 30.1 Å². The van der Waals surface area contributed by atoms with E-state index in [4.69, 9.17) is 0 Å². The van der Waals surface area contributed by atoms with Crippen molar-refractivity contribution in [3.63, 3.8) is 0 Å². The summed E-state index contributed by atoms with van der Waals surface area (Å²) in [7, 11) is 1.74. The Morgan fingerprint density at radius 3 is 2.75 bits per heavy atom. The lowest BCUT2D eigenvalue weighted by molar-refractivity contribution is 0.0687. The zero-order valence-corrected chi connectivity index (χ0v) is 17.2. The van der Waals surface area contributed by atoms with Gasteiger partial charge in [0.05, 0.1) is 11.9 Å². The maximum atomic E-state index is 11.4. The molecule has 0 saturated carbocycles. The summed E-state index contributed by atoms with van der Waals surface area (Å²) >= 11 is 0. The van der Waals surface area contributed by atoms with Crippen molar-refractivity contribution in [2.24, 2.45) is 7.05 Å². The van der Waals surface area contributed by atoms with Crippen molar-refractivity contribution in [3.8, 4) is 22.5 Å². The zero-order chi connectivity index (χ0) is 22.1. The molecule has 156 valence electrons. The van der Waals surface area contributed by atoms with Crippen LogP contribution < -0.4 is 0 Å². The third kappa shape index (κ3) is 3.67. The van der Waals surface area contributed by atoms with Crippen LogP contribution in [0.25, 0.3) is 45.6 Å². The minimum absolute atomic E-state index is 0.243. The molecule has 5 rings (SSSR count). The zero-order valence-electron chi connectivity index (χ0n) is 17.2. The summed E-state index contributed by atoms with van der Waals surface area (Å²) in [5.74, 6) is -0.371. The standard InChI is InChI=1S/C25H19N5O2/c1-30-22-13-19(7-6-18(22)12-23(30)25(31)32)24-26-10-9-21(29-24)8-5-16-3-2-4-17(11-16)20-14-27-28-15-20/h2-15H,1H3,(H,27,28)(H,31,32). The van der Waals surface area contributed by atoms with Gasteiger partial charge in [0, 0.05) is 41.5 Å². The second-order valence-corrected chi connectivity index (χ2v) is 7.42. The normalized spacial score (nSPS) is 11.4. The van der Waals surface area contributed by atoms with Crippen LogP contribution in [0.2, 0.25) is 0 Å². The van der Waals surface area contributed by atoms with Gasteiger partial charge < -0.3 is 9.67 Å². The number of carbonyl (C=O) groups is 1. The number of aromatic amines is 1. The fourth-order valence-electron chi connectivity index (χ4n) is 3.69. The molecule has 0 amide bonds. The molecule has 5 aromatic rings. The molecule has 7 nitrogen and oxygen atoms in total. The molecule has 7 heteroatoms. The average Bonchev–Trinajstić information content (AvgIpc) is 3.47. The van der Waals surface area contributed by atoms with Crippen molar-refractivity contribution in [2.75, 3.05) is 0 Å². The van der Waals surface area contributed by atoms with Gasteiger partial charge in [-0.2, -0.15) is 5.10 Å². The summed E-state index contributed by atoms with van der Waals surface area (Å²) in [6, 6.07) is 17.4. The second kappa shape index (κ2) is 7.96. The van der Waals surface area contributed by atoms with Crippen molar-refractivity contribution >= 4 is 29.0 Å². The summed E-state index contributed by atoms with van der Waals surface area (Å²) in [5.41, 5.74) is 5.84. The molecular weight excluding hydrogens is 402 g/mol. The molecule has 0 aliphatic rings. The average molecular weight is 421 g/mol. The molecular formula is C25H19N5O2. The molecule has 0 unspecified atom stereocenters. The lowest BCUT2D eigenvalue weighted by Crippen LogP contribution is -2.03. The van der Waals surface area contributed by atoms with Gasteiger partial charge in [0.1, 0.15) is 5.69 Å². The van der Waals surface area contributed by atoms with Crippen LogP contribution in [-0.2, 0) is 7.05 Å². The van der Waals surface area contributed by atoms with Crippen LogP contribution in [0.3, 0.4) is 0 Å². The van der Waals surface area contributed by atoms with Crippen LogP contribution in [0.4, 0.5) is 0 Å². The third-order valence-electron chi connectivity index (χ3n) is 5.36. The van der Waals surface area contributed by atoms with Crippen LogP contribution in [0.5, 0.6) is 0 Å². The van der Waals surface area contributed by atoms with E-state index in [1.807, 2.05) is 60.8 Å². The van der Waals surface area contributed by atoms with Crippen molar-refractivity contribution in [3.05, 3.63) is 90.1 Å². The molecule has 0 fully saturated rings. The lowest BCUT2D eigenvalue weighted by atomic mass is 10.1. The maximum absolute atomic E-state index is 11.4. The summed E-state index contributed by atoms with van der Waals surface area (Å²) in [5, 5.41) is 17.1. The number of benzene rings is 2. The van der Waals surface area contributed by atoms with Gasteiger partial charge in [0.15, 0.2) is 5.82 Å². The van der Waals surface area contributed by atoms with E-state index in [9.17, 15) is 9.90 Å². The Hall–Kier alpha value is -4.52. The summed E-state index contributed by atoms with van der Waals surface area (Å²) < 4.78 is 1.66. The smallest absolute Gasteiger partial charge is 0.352 e. The third-order valence-corrected chi connectivity index (χ3v) is 5.36. The number of hydrogen-bond acceptors (Lipinski definition) is 4. The molecule has 0 bridgehead atoms. The van der Waals surface area contributed by atoms with Crippen LogP contribution in [-0.4, -0.2) is 35.8 Å². The van der Waals surface area contributed by atoms with Crippen molar-refractivity contribution < 1.29 is 9.90 Å². The molecule has 0 spiro atoms. The Morgan fingerprint density at radius 2 is 1.94 bits per heavy atom. The number of aromatic nitrogens is 5. The van der Waals surface area contributed by atoms with Gasteiger partial charge >= 0.3 is 5.97 Å². The number of H-pyrrole nitrogens is 1. The Labute approximate surface area is 183 Å². The van der Waals surface area contributed by atoms with E-state index < -0.39 is 5.97 Å². The van der Waals surface area contributed by atoms with E-state index in [0.29, 0.717) is 5.82 Å². The van der Waals surface area contributed by atoms with Crippen LogP contribution in [0.15, 0.2) is 73.2 Å². The fourth-order valence-corrected chi connectivity index (χ4v) is 3.69. The number of fused-ring (bicyclic) bond motifs is 1. The van der Waals surface area contributed by atoms with Gasteiger partial charge in [-0.1, -0.05) is 36.4 Å². The van der Waals surface area contributed by atoms with Gasteiger partial charge in [0.25, 0.3) is 0 Å². The maximum Gasteiger partial charge on any atom is 0.352 e. The summed E-state index contributed by atoms with van der Waals surface area (Å²) in [6.45, 7) is 0. The van der Waals surface area contributed by atoms with Crippen LogP contribution in [0.1, 0.15) is 21.7 Å². The number of hydrogen-bond donors (Lipinski definition) is 2. The number of carboxylic acid groups (broad SMARTS) is 1. The lowest BCUT2D eigenvalue weighted by Gasteiger charge is -2.04. The highest BCUT2D eigenvalue weighted by molar-refractivity contribution is 5.95. The van der Waals surface area contributed by atoms with Crippen LogP contribution >= 0.6 is 0 Å². The molecule has 0 aliphatic carbocycles. The molecule has 0 atom stereocenters. The highest BCUT2D eigenvalue weighted by Gasteiger charge is 2.13. The first-order valence-electron chi connectivity index (χ1n) is 10.0. The molecule has 2 N–H and O–H groups in total. The fraction of sp³-hybridized carbons (Fsp3) is 0.0400. The predicted octanol–water partition coefficient (Wildman–Crippen LogP) is 4.89. The Kier molecular flexibility index (Phi) is 4.84. The number of carboxylic acids is 1. The predicted molar refractivity (Wildman–Crippen MR) is 124 cm³/mol. The van der Waals surface area contributed by atoms with E-state index in [1.165, 1.54) is 0 Å². The molecule has 3 aromatic heterocycles. The summed E-state index contributed by atoms with van der Waals surface area (Å²) in [4.78, 5) is 20.5. The minimum Gasteiger partial charge on any atom is -0.477 e. The van der Waals surface area contributed by atoms with Gasteiger partial charge in [-0.15, -0.1) is 0 Å². The van der Waals surface area contributed by atoms with Gasteiger partial charge in [-0.3, -0.25) is 5.10 Å². The van der Waals surface area contributed by atoms with E-state index in [-0.39, 0.29) is 5.69 Å². The van der Waals surface area contributed by atoms with Crippen molar-refractivity contribution in [1.29, 1.82) is 0 Å². The molecule has 0 radical (unpaired) electrons. The van der Waals surface area contributed by atoms with Crippen molar-refractivity contribution in [1.82, 2.24) is 24.7 Å². The summed E-state index contributed by atoms with van der Waals surface area (Å²) in [6.07, 6.45) is 9.34. The minimum atomic E-state index is -0.953. The highest BCUT2D eigenvalue weighted by Crippen LogP contribution is 2.25. The number of nitrogens with one attached hydrogen (secondary N) is 1. The first-order chi connectivity index (χ1) is 15.6. The molecule has 2 aromatic carbocycles. The van der Waals surface area contributed by atoms with Crippen molar-refractivity contribution in [2.45, 2.75) is 0 Å². The Balaban J connectivity index is 1.44. The molecule has 0 aliphatic heterocycles. The number of aromatic carboxylic acids is 1. The van der Waals surface area contributed by atoms with Gasteiger partial charge in [0.2, 0.25) is 0 Å². The van der Waals surface area contributed by atoms with E-state index >= 15 is 0 Å². The Bertz CT molecular complexity index is 1470. The number of aryl methyl sites for hydroxylation is 1. The van der Waals surface area contributed by atoms with Gasteiger partial charge in [-0.05, 0) is 41.5 Å².